The van der Waals surface area contributed by atoms with Crippen LogP contribution in [0, 0.1) is 0 Å². The Bertz CT molecular complexity index is 1260. The summed E-state index contributed by atoms with van der Waals surface area (Å²) in [4.78, 5) is 16.3. The lowest BCUT2D eigenvalue weighted by molar-refractivity contribution is -0.143. The zero-order valence-electron chi connectivity index (χ0n) is 19.1. The minimum Gasteiger partial charge on any atom is -0.445 e. The lowest BCUT2D eigenvalue weighted by atomic mass is 10.1. The van der Waals surface area contributed by atoms with E-state index < -0.39 is 52.5 Å². The molecule has 1 aliphatic heterocycles. The van der Waals surface area contributed by atoms with Crippen LogP contribution in [0.15, 0.2) is 41.3 Å². The highest BCUT2D eigenvalue weighted by Gasteiger charge is 2.37. The fourth-order valence-electron chi connectivity index (χ4n) is 3.78. The van der Waals surface area contributed by atoms with Crippen molar-refractivity contribution >= 4 is 27.9 Å². The van der Waals surface area contributed by atoms with Crippen LogP contribution in [0.4, 0.5) is 31.1 Å². The van der Waals surface area contributed by atoms with Gasteiger partial charge in [0.25, 0.3) is 0 Å². The number of alkyl halides is 6. The van der Waals surface area contributed by atoms with Gasteiger partial charge in [0, 0.05) is 43.4 Å². The van der Waals surface area contributed by atoms with Gasteiger partial charge in [-0.05, 0) is 42.0 Å². The highest BCUT2D eigenvalue weighted by molar-refractivity contribution is 7.85. The van der Waals surface area contributed by atoms with Gasteiger partial charge in [-0.25, -0.2) is 4.79 Å². The molecule has 0 bridgehead atoms. The molecule has 1 fully saturated rings. The number of aromatic amines is 1. The van der Waals surface area contributed by atoms with Crippen molar-refractivity contribution in [3.63, 3.8) is 0 Å². The number of hydrogen-bond acceptors (Lipinski definition) is 6. The molecule has 1 saturated heterocycles. The van der Waals surface area contributed by atoms with Crippen molar-refractivity contribution < 1.29 is 40.1 Å². The summed E-state index contributed by atoms with van der Waals surface area (Å²) < 4.78 is 95.7. The van der Waals surface area contributed by atoms with E-state index in [1.807, 2.05) is 4.90 Å². The van der Waals surface area contributed by atoms with Gasteiger partial charge in [0.2, 0.25) is 0 Å². The van der Waals surface area contributed by atoms with Crippen molar-refractivity contribution in [2.24, 2.45) is 0 Å². The first kappa shape index (κ1) is 26.9. The molecule has 4 rings (SSSR count). The lowest BCUT2D eigenvalue weighted by Crippen LogP contribution is -2.49. The van der Waals surface area contributed by atoms with Crippen molar-refractivity contribution in [3.8, 4) is 0 Å². The number of aromatic nitrogens is 3. The average Bonchev–Trinajstić information content (AvgIpc) is 3.33. The normalized spacial score (nSPS) is 16.2. The Balaban J connectivity index is 1.26. The molecule has 1 unspecified atom stereocenters. The van der Waals surface area contributed by atoms with Crippen LogP contribution in [0.2, 0.25) is 0 Å². The van der Waals surface area contributed by atoms with Gasteiger partial charge in [-0.15, -0.1) is 0 Å². The predicted molar refractivity (Wildman–Crippen MR) is 120 cm³/mol. The van der Waals surface area contributed by atoms with Crippen LogP contribution in [0.25, 0.3) is 11.0 Å². The molecule has 2 aromatic carbocycles. The number of fused-ring (bicyclic) bond motifs is 1. The summed E-state index contributed by atoms with van der Waals surface area (Å²) in [6.07, 6.45) is -10.8. The maximum absolute atomic E-state index is 13.0. The number of carbonyl (C=O) groups excluding carboxylic acids is 1. The summed E-state index contributed by atoms with van der Waals surface area (Å²) in [6, 6.07) is 6.22. The van der Waals surface area contributed by atoms with Gasteiger partial charge in [0.05, 0.1) is 21.9 Å². The Morgan fingerprint density at radius 2 is 1.54 bits per heavy atom. The highest BCUT2D eigenvalue weighted by atomic mass is 32.2. The Hall–Kier alpha value is -3.20. The largest absolute Gasteiger partial charge is 0.445 e. The van der Waals surface area contributed by atoms with Crippen molar-refractivity contribution in [2.45, 2.75) is 23.9 Å². The monoisotopic (exact) mass is 549 g/mol. The first-order chi connectivity index (χ1) is 17.4. The summed E-state index contributed by atoms with van der Waals surface area (Å²) in [6.45, 7) is 1.13. The van der Waals surface area contributed by atoms with E-state index in [-0.39, 0.29) is 19.2 Å². The quantitative estimate of drug-likeness (QED) is 0.467. The van der Waals surface area contributed by atoms with Gasteiger partial charge in [0.15, 0.2) is 0 Å². The van der Waals surface area contributed by atoms with Crippen LogP contribution in [0.1, 0.15) is 16.7 Å². The molecule has 200 valence electrons. The van der Waals surface area contributed by atoms with E-state index in [1.54, 1.807) is 18.2 Å². The second-order valence-electron chi connectivity index (χ2n) is 8.32. The number of carbonyl (C=O) groups is 1. The zero-order chi connectivity index (χ0) is 26.8. The second-order valence-corrected chi connectivity index (χ2v) is 9.89. The minimum atomic E-state index is -4.98. The lowest BCUT2D eigenvalue weighted by Gasteiger charge is -2.34. The molecule has 8 nitrogen and oxygen atoms in total. The number of halogens is 6. The average molecular weight is 549 g/mol. The number of rotatable bonds is 6. The van der Waals surface area contributed by atoms with E-state index >= 15 is 0 Å². The molecule has 1 aliphatic rings. The predicted octanol–water partition coefficient (Wildman–Crippen LogP) is 4.06. The molecule has 1 aromatic heterocycles. The Morgan fingerprint density at radius 3 is 2.16 bits per heavy atom. The van der Waals surface area contributed by atoms with Crippen LogP contribution in [0.3, 0.4) is 0 Å². The van der Waals surface area contributed by atoms with Crippen molar-refractivity contribution in [1.29, 1.82) is 0 Å². The molecule has 15 heteroatoms. The molecular formula is C22H21F6N5O3S. The Morgan fingerprint density at radius 1 is 0.919 bits per heavy atom. The van der Waals surface area contributed by atoms with E-state index in [0.717, 1.165) is 0 Å². The molecule has 1 N–H and O–H groups in total. The summed E-state index contributed by atoms with van der Waals surface area (Å²) in [5.74, 6) is 0.352. The van der Waals surface area contributed by atoms with Crippen LogP contribution in [-0.2, 0) is 34.5 Å². The highest BCUT2D eigenvalue weighted by Crippen LogP contribution is 2.36. The smallest absolute Gasteiger partial charge is 0.416 e. The topological polar surface area (TPSA) is 91.4 Å². The first-order valence-corrected chi connectivity index (χ1v) is 12.3. The van der Waals surface area contributed by atoms with Gasteiger partial charge in [-0.2, -0.15) is 41.8 Å². The summed E-state index contributed by atoms with van der Waals surface area (Å²) >= 11 is 0. The molecule has 0 radical (unpaired) electrons. The number of nitrogens with zero attached hydrogens (tertiary/aromatic N) is 4. The van der Waals surface area contributed by atoms with E-state index in [2.05, 4.69) is 15.4 Å². The third-order valence-corrected chi connectivity index (χ3v) is 7.12. The van der Waals surface area contributed by atoms with Gasteiger partial charge < -0.3 is 9.64 Å². The fourth-order valence-corrected chi connectivity index (χ4v) is 4.91. The summed E-state index contributed by atoms with van der Waals surface area (Å²) in [5.41, 5.74) is -2.09. The third kappa shape index (κ3) is 6.77. The number of nitrogens with one attached hydrogen (secondary N) is 1. The number of H-pyrrole nitrogens is 1. The molecule has 0 spiro atoms. The second kappa shape index (κ2) is 10.7. The van der Waals surface area contributed by atoms with Crippen molar-refractivity contribution in [1.82, 2.24) is 25.2 Å². The maximum Gasteiger partial charge on any atom is 0.416 e. The number of piperazine rings is 1. The molecule has 0 aliphatic carbocycles. The molecular weight excluding hydrogens is 528 g/mol. The summed E-state index contributed by atoms with van der Waals surface area (Å²) in [7, 11) is -1.27. The van der Waals surface area contributed by atoms with Gasteiger partial charge >= 0.3 is 18.4 Å². The van der Waals surface area contributed by atoms with Crippen molar-refractivity contribution in [3.05, 3.63) is 53.1 Å². The molecule has 1 atom stereocenters. The van der Waals surface area contributed by atoms with Gasteiger partial charge in [-0.1, -0.05) is 0 Å². The van der Waals surface area contributed by atoms with Crippen LogP contribution >= 0.6 is 0 Å². The fraction of sp³-hybridized carbons (Fsp3) is 0.409. The molecule has 0 saturated carbocycles. The van der Waals surface area contributed by atoms with Crippen molar-refractivity contribution in [2.75, 3.05) is 38.5 Å². The van der Waals surface area contributed by atoms with Crippen LogP contribution < -0.4 is 0 Å². The third-order valence-electron chi connectivity index (χ3n) is 5.78. The standard InChI is InChI=1S/C22H21F6N5O3S/c23-21(24,25)15-9-14(10-16(11-15)22(26,27)28)13-36-20(34)33-5-3-32(4-6-33)7-8-37(35)17-1-2-18-19(12-17)30-31-29-18/h1-2,9-12H,3-8,13H2,(H,29,30,31). The number of ether oxygens (including phenoxy) is 1. The minimum absolute atomic E-state index is 0.0181. The van der Waals surface area contributed by atoms with E-state index in [1.165, 1.54) is 4.90 Å². The molecule has 1 amide bonds. The molecule has 2 heterocycles. The number of hydrogen-bond donors (Lipinski definition) is 1. The maximum atomic E-state index is 13.0. The SMILES string of the molecule is O=C(OCc1cc(C(F)(F)F)cc(C(F)(F)F)c1)N1CCN(CCS(=O)c2ccc3n[nH]nc3c2)CC1. The van der Waals surface area contributed by atoms with E-state index in [9.17, 15) is 35.3 Å². The van der Waals surface area contributed by atoms with E-state index in [4.69, 9.17) is 4.74 Å². The Labute approximate surface area is 209 Å². The first-order valence-electron chi connectivity index (χ1n) is 11.0. The number of amides is 1. The molecule has 37 heavy (non-hydrogen) atoms. The van der Waals surface area contributed by atoms with Gasteiger partial charge in [0.1, 0.15) is 17.6 Å². The van der Waals surface area contributed by atoms with Crippen LogP contribution in [0.5, 0.6) is 0 Å². The van der Waals surface area contributed by atoms with Gasteiger partial charge in [-0.3, -0.25) is 9.11 Å². The van der Waals surface area contributed by atoms with E-state index in [0.29, 0.717) is 53.4 Å². The molecule has 3 aromatic rings. The Kier molecular flexibility index (Phi) is 7.73. The van der Waals surface area contributed by atoms with Crippen LogP contribution in [-0.4, -0.2) is 74.0 Å². The zero-order valence-corrected chi connectivity index (χ0v) is 19.9. The number of benzene rings is 2. The summed E-state index contributed by atoms with van der Waals surface area (Å²) in [5, 5.41) is 10.4.